The lowest BCUT2D eigenvalue weighted by molar-refractivity contribution is -0.116. The van der Waals surface area contributed by atoms with E-state index in [1.54, 1.807) is 24.3 Å². The number of benzene rings is 2. The maximum atomic E-state index is 12.6. The van der Waals surface area contributed by atoms with Gasteiger partial charge in [0.15, 0.2) is 0 Å². The van der Waals surface area contributed by atoms with Crippen molar-refractivity contribution in [1.29, 1.82) is 0 Å². The Morgan fingerprint density at radius 1 is 1.10 bits per heavy atom. The summed E-state index contributed by atoms with van der Waals surface area (Å²) >= 11 is 0. The zero-order valence-electron chi connectivity index (χ0n) is 15.4. The van der Waals surface area contributed by atoms with E-state index in [4.69, 9.17) is 4.74 Å². The van der Waals surface area contributed by atoms with Gasteiger partial charge in [-0.15, -0.1) is 0 Å². The summed E-state index contributed by atoms with van der Waals surface area (Å²) in [5.41, 5.74) is -5.05. The minimum Gasteiger partial charge on any atom is -0.497 e. The molecule has 29 heavy (non-hydrogen) atoms. The average Bonchev–Trinajstić information content (AvgIpc) is 2.66. The molecule has 2 amide bonds. The number of alkyl halides is 3. The molecule has 0 spiro atoms. The first kappa shape index (κ1) is 22.2. The molecule has 156 valence electrons. The van der Waals surface area contributed by atoms with E-state index in [0.717, 1.165) is 17.0 Å². The van der Waals surface area contributed by atoms with Crippen LogP contribution in [0.4, 0.5) is 18.9 Å². The van der Waals surface area contributed by atoms with Gasteiger partial charge in [0.05, 0.1) is 18.6 Å². The molecule has 0 saturated heterocycles. The molecule has 0 heterocycles. The second-order valence-corrected chi connectivity index (χ2v) is 7.86. The van der Waals surface area contributed by atoms with Crippen LogP contribution in [0.2, 0.25) is 0 Å². The van der Waals surface area contributed by atoms with E-state index in [9.17, 15) is 31.2 Å². The van der Waals surface area contributed by atoms with Crippen molar-refractivity contribution in [1.82, 2.24) is 4.90 Å². The molecule has 0 aliphatic rings. The van der Waals surface area contributed by atoms with Crippen LogP contribution in [0, 0.1) is 0 Å². The third-order valence-electron chi connectivity index (χ3n) is 3.80. The van der Waals surface area contributed by atoms with Crippen LogP contribution in [-0.4, -0.2) is 51.3 Å². The molecule has 2 aromatic carbocycles. The second kappa shape index (κ2) is 8.52. The Morgan fingerprint density at radius 3 is 2.28 bits per heavy atom. The van der Waals surface area contributed by atoms with E-state index in [1.165, 1.54) is 14.2 Å². The summed E-state index contributed by atoms with van der Waals surface area (Å²) in [5, 5.41) is 2.58. The number of likely N-dealkylation sites (N-methyl/N-ethyl adjacent to an activating group) is 1. The Morgan fingerprint density at radius 2 is 1.72 bits per heavy atom. The number of carbonyl (C=O) groups is 2. The largest absolute Gasteiger partial charge is 0.501 e. The highest BCUT2D eigenvalue weighted by molar-refractivity contribution is 7.92. The monoisotopic (exact) mass is 430 g/mol. The molecule has 0 aromatic heterocycles. The van der Waals surface area contributed by atoms with Crippen molar-refractivity contribution in [2.24, 2.45) is 0 Å². The first-order valence-electron chi connectivity index (χ1n) is 8.06. The SMILES string of the molecule is COc1cccc(NC(=O)CN(C)C(=O)c2ccc(S(=O)(=O)C(F)(F)F)cc2)c1. The van der Waals surface area contributed by atoms with Crippen LogP contribution in [-0.2, 0) is 14.6 Å². The summed E-state index contributed by atoms with van der Waals surface area (Å²) < 4.78 is 65.4. The molecule has 11 heteroatoms. The van der Waals surface area contributed by atoms with Crippen molar-refractivity contribution in [2.75, 3.05) is 26.0 Å². The summed E-state index contributed by atoms with van der Waals surface area (Å²) in [5.74, 6) is -0.645. The third-order valence-corrected chi connectivity index (χ3v) is 5.30. The van der Waals surface area contributed by atoms with Crippen molar-refractivity contribution >= 4 is 27.3 Å². The van der Waals surface area contributed by atoms with Gasteiger partial charge in [-0.2, -0.15) is 13.2 Å². The lowest BCUT2D eigenvalue weighted by Crippen LogP contribution is -2.35. The predicted octanol–water partition coefficient (Wildman–Crippen LogP) is 2.70. The molecule has 2 aromatic rings. The zero-order valence-corrected chi connectivity index (χ0v) is 16.2. The van der Waals surface area contributed by atoms with Gasteiger partial charge in [0.2, 0.25) is 5.91 Å². The van der Waals surface area contributed by atoms with Crippen LogP contribution < -0.4 is 10.1 Å². The number of nitrogens with one attached hydrogen (secondary N) is 1. The van der Waals surface area contributed by atoms with E-state index in [-0.39, 0.29) is 12.1 Å². The van der Waals surface area contributed by atoms with Crippen LogP contribution in [0.5, 0.6) is 5.75 Å². The highest BCUT2D eigenvalue weighted by Crippen LogP contribution is 2.30. The van der Waals surface area contributed by atoms with E-state index in [2.05, 4.69) is 5.32 Å². The van der Waals surface area contributed by atoms with Crippen molar-refractivity contribution in [3.63, 3.8) is 0 Å². The van der Waals surface area contributed by atoms with Gasteiger partial charge in [0, 0.05) is 24.4 Å². The maximum Gasteiger partial charge on any atom is 0.501 e. The normalized spacial score (nSPS) is 11.6. The number of carbonyl (C=O) groups excluding carboxylic acids is 2. The van der Waals surface area contributed by atoms with Crippen LogP contribution in [0.15, 0.2) is 53.4 Å². The quantitative estimate of drug-likeness (QED) is 0.761. The van der Waals surface area contributed by atoms with Crippen molar-refractivity contribution in [3.05, 3.63) is 54.1 Å². The third kappa shape index (κ3) is 5.25. The van der Waals surface area contributed by atoms with Gasteiger partial charge in [0.1, 0.15) is 5.75 Å². The lowest BCUT2D eigenvalue weighted by Gasteiger charge is -2.17. The first-order chi connectivity index (χ1) is 13.5. The van der Waals surface area contributed by atoms with Crippen molar-refractivity contribution < 1.29 is 35.9 Å². The molecule has 0 saturated carbocycles. The highest BCUT2D eigenvalue weighted by Gasteiger charge is 2.46. The van der Waals surface area contributed by atoms with Gasteiger partial charge in [-0.05, 0) is 36.4 Å². The molecule has 0 aliphatic carbocycles. The number of ether oxygens (including phenoxy) is 1. The average molecular weight is 430 g/mol. The van der Waals surface area contributed by atoms with E-state index in [0.29, 0.717) is 23.6 Å². The molecule has 7 nitrogen and oxygen atoms in total. The smallest absolute Gasteiger partial charge is 0.497 e. The van der Waals surface area contributed by atoms with Gasteiger partial charge in [-0.25, -0.2) is 8.42 Å². The Labute approximate surface area is 165 Å². The van der Waals surface area contributed by atoms with E-state index >= 15 is 0 Å². The fraction of sp³-hybridized carbons (Fsp3) is 0.222. The number of halogens is 3. The molecule has 0 fully saturated rings. The number of sulfone groups is 1. The summed E-state index contributed by atoms with van der Waals surface area (Å²) in [6.45, 7) is -0.335. The topological polar surface area (TPSA) is 92.8 Å². The Kier molecular flexibility index (Phi) is 6.52. The van der Waals surface area contributed by atoms with Crippen LogP contribution in [0.25, 0.3) is 0 Å². The molecule has 0 radical (unpaired) electrons. The lowest BCUT2D eigenvalue weighted by atomic mass is 10.2. The fourth-order valence-electron chi connectivity index (χ4n) is 2.32. The Balaban J connectivity index is 2.05. The van der Waals surface area contributed by atoms with Gasteiger partial charge >= 0.3 is 5.51 Å². The molecule has 1 N–H and O–H groups in total. The molecular weight excluding hydrogens is 413 g/mol. The highest BCUT2D eigenvalue weighted by atomic mass is 32.2. The predicted molar refractivity (Wildman–Crippen MR) is 98.3 cm³/mol. The fourth-order valence-corrected chi connectivity index (χ4v) is 3.08. The first-order valence-corrected chi connectivity index (χ1v) is 9.55. The molecule has 0 atom stereocenters. The molecule has 0 unspecified atom stereocenters. The second-order valence-electron chi connectivity index (χ2n) is 5.91. The summed E-state index contributed by atoms with van der Waals surface area (Å²) in [7, 11) is -2.70. The summed E-state index contributed by atoms with van der Waals surface area (Å²) in [6, 6.07) is 9.87. The molecular formula is C18H17F3N2O5S. The Bertz CT molecular complexity index is 1000. The number of anilines is 1. The number of methoxy groups -OCH3 is 1. The van der Waals surface area contributed by atoms with Gasteiger partial charge in [-0.3, -0.25) is 9.59 Å². The maximum absolute atomic E-state index is 12.6. The van der Waals surface area contributed by atoms with Crippen LogP contribution >= 0.6 is 0 Å². The standard InChI is InChI=1S/C18H17F3N2O5S/c1-23(11-16(24)22-13-4-3-5-14(10-13)28-2)17(25)12-6-8-15(9-7-12)29(26,27)18(19,20)21/h3-10H,11H2,1-2H3,(H,22,24). The van der Waals surface area contributed by atoms with Gasteiger partial charge in [0.25, 0.3) is 15.7 Å². The van der Waals surface area contributed by atoms with Crippen LogP contribution in [0.1, 0.15) is 10.4 Å². The minimum absolute atomic E-state index is 0.0668. The van der Waals surface area contributed by atoms with E-state index in [1.807, 2.05) is 0 Å². The molecule has 0 bridgehead atoms. The number of rotatable bonds is 6. The number of nitrogens with zero attached hydrogens (tertiary/aromatic N) is 1. The zero-order chi connectivity index (χ0) is 21.8. The van der Waals surface area contributed by atoms with E-state index < -0.39 is 32.1 Å². The summed E-state index contributed by atoms with van der Waals surface area (Å²) in [4.78, 5) is 24.5. The number of hydrogen-bond donors (Lipinski definition) is 1. The molecule has 2 rings (SSSR count). The minimum atomic E-state index is -5.50. The Hall–Kier alpha value is -3.08. The number of amides is 2. The number of hydrogen-bond acceptors (Lipinski definition) is 5. The summed E-state index contributed by atoms with van der Waals surface area (Å²) in [6.07, 6.45) is 0. The molecule has 0 aliphatic heterocycles. The van der Waals surface area contributed by atoms with Crippen molar-refractivity contribution in [3.8, 4) is 5.75 Å². The van der Waals surface area contributed by atoms with Crippen molar-refractivity contribution in [2.45, 2.75) is 10.4 Å². The van der Waals surface area contributed by atoms with Gasteiger partial charge in [-0.1, -0.05) is 6.07 Å². The van der Waals surface area contributed by atoms with Gasteiger partial charge < -0.3 is 15.0 Å². The van der Waals surface area contributed by atoms with Crippen LogP contribution in [0.3, 0.4) is 0 Å².